The Hall–Kier alpha value is -2.68. The van der Waals surface area contributed by atoms with Crippen molar-refractivity contribution in [1.29, 1.82) is 0 Å². The maximum atomic E-state index is 12.9. The second-order valence-corrected chi connectivity index (χ2v) is 9.22. The van der Waals surface area contributed by atoms with Gasteiger partial charge in [0.25, 0.3) is 5.91 Å². The molecular weight excluding hydrogens is 446 g/mol. The second kappa shape index (κ2) is 9.85. The van der Waals surface area contributed by atoms with Gasteiger partial charge >= 0.3 is 5.97 Å². The van der Waals surface area contributed by atoms with Gasteiger partial charge in [0.05, 0.1) is 30.2 Å². The van der Waals surface area contributed by atoms with Crippen LogP contribution < -0.4 is 9.47 Å². The molecular formula is C24H23NO5S2. The molecule has 1 atom stereocenters. The van der Waals surface area contributed by atoms with Crippen LogP contribution in [0.2, 0.25) is 0 Å². The zero-order chi connectivity index (χ0) is 22.7. The van der Waals surface area contributed by atoms with E-state index in [0.717, 1.165) is 30.6 Å². The van der Waals surface area contributed by atoms with Crippen molar-refractivity contribution in [3.63, 3.8) is 0 Å². The predicted molar refractivity (Wildman–Crippen MR) is 128 cm³/mol. The largest absolute Gasteiger partial charge is 0.493 e. The van der Waals surface area contributed by atoms with E-state index in [4.69, 9.17) is 26.4 Å². The van der Waals surface area contributed by atoms with Gasteiger partial charge in [-0.1, -0.05) is 48.2 Å². The van der Waals surface area contributed by atoms with Crippen LogP contribution in [0.25, 0.3) is 6.08 Å². The Morgan fingerprint density at radius 1 is 1.28 bits per heavy atom. The maximum Gasteiger partial charge on any atom is 0.343 e. The van der Waals surface area contributed by atoms with Gasteiger partial charge in [-0.25, -0.2) is 4.79 Å². The normalized spacial score (nSPS) is 19.6. The first-order valence-electron chi connectivity index (χ1n) is 10.3. The lowest BCUT2D eigenvalue weighted by atomic mass is 10.1. The number of hydrogen-bond acceptors (Lipinski definition) is 7. The van der Waals surface area contributed by atoms with Crippen molar-refractivity contribution >= 4 is 46.3 Å². The van der Waals surface area contributed by atoms with E-state index in [1.807, 2.05) is 19.1 Å². The van der Waals surface area contributed by atoms with E-state index in [2.05, 4.69) is 0 Å². The van der Waals surface area contributed by atoms with Crippen molar-refractivity contribution in [2.45, 2.75) is 25.9 Å². The number of esters is 1. The van der Waals surface area contributed by atoms with Crippen LogP contribution in [0.3, 0.4) is 0 Å². The molecule has 32 heavy (non-hydrogen) atoms. The van der Waals surface area contributed by atoms with Crippen LogP contribution in [-0.4, -0.2) is 47.5 Å². The standard InChI is InChI=1S/C24H23NO5S2/c1-15-6-3-4-8-18(15)23(27)30-19-10-9-16(12-20(19)28-2)13-21-22(26)25(24(31)32-21)14-17-7-5-11-29-17/h3-4,6,8-10,12-13,17H,5,7,11,14H2,1-2H3/b21-13-/t17-/m0/s1. The number of methoxy groups -OCH3 is 1. The number of rotatable bonds is 6. The smallest absolute Gasteiger partial charge is 0.343 e. The Balaban J connectivity index is 1.50. The topological polar surface area (TPSA) is 65.1 Å². The predicted octanol–water partition coefficient (Wildman–Crippen LogP) is 4.60. The summed E-state index contributed by atoms with van der Waals surface area (Å²) >= 11 is 6.68. The summed E-state index contributed by atoms with van der Waals surface area (Å²) in [5.41, 5.74) is 2.07. The molecule has 0 radical (unpaired) electrons. The average Bonchev–Trinajstić information content (AvgIpc) is 3.39. The number of ether oxygens (including phenoxy) is 3. The van der Waals surface area contributed by atoms with Gasteiger partial charge in [-0.05, 0) is 55.2 Å². The van der Waals surface area contributed by atoms with Gasteiger partial charge in [-0.15, -0.1) is 0 Å². The van der Waals surface area contributed by atoms with Crippen LogP contribution >= 0.6 is 24.0 Å². The summed E-state index contributed by atoms with van der Waals surface area (Å²) < 4.78 is 17.2. The highest BCUT2D eigenvalue weighted by atomic mass is 32.2. The van der Waals surface area contributed by atoms with Crippen LogP contribution in [-0.2, 0) is 9.53 Å². The molecule has 0 bridgehead atoms. The van der Waals surface area contributed by atoms with Gasteiger partial charge in [-0.2, -0.15) is 0 Å². The lowest BCUT2D eigenvalue weighted by molar-refractivity contribution is -0.123. The minimum Gasteiger partial charge on any atom is -0.493 e. The Kier molecular flexibility index (Phi) is 6.93. The van der Waals surface area contributed by atoms with Gasteiger partial charge in [0, 0.05) is 6.61 Å². The van der Waals surface area contributed by atoms with Crippen molar-refractivity contribution in [3.8, 4) is 11.5 Å². The number of carbonyl (C=O) groups is 2. The van der Waals surface area contributed by atoms with Crippen LogP contribution in [0.1, 0.15) is 34.3 Å². The Morgan fingerprint density at radius 2 is 2.09 bits per heavy atom. The molecule has 0 aliphatic carbocycles. The van der Waals surface area contributed by atoms with Gasteiger partial charge in [0.2, 0.25) is 0 Å². The quantitative estimate of drug-likeness (QED) is 0.265. The molecule has 0 aromatic heterocycles. The first kappa shape index (κ1) is 22.5. The minimum absolute atomic E-state index is 0.0409. The average molecular weight is 470 g/mol. The molecule has 0 saturated carbocycles. The lowest BCUT2D eigenvalue weighted by Gasteiger charge is -2.18. The van der Waals surface area contributed by atoms with E-state index in [1.165, 1.54) is 18.9 Å². The fourth-order valence-corrected chi connectivity index (χ4v) is 4.89. The van der Waals surface area contributed by atoms with Gasteiger partial charge in [0.1, 0.15) is 4.32 Å². The first-order chi connectivity index (χ1) is 15.5. The molecule has 0 N–H and O–H groups in total. The summed E-state index contributed by atoms with van der Waals surface area (Å²) in [7, 11) is 1.51. The van der Waals surface area contributed by atoms with Crippen molar-refractivity contribution < 1.29 is 23.8 Å². The highest BCUT2D eigenvalue weighted by molar-refractivity contribution is 8.26. The molecule has 1 amide bonds. The SMILES string of the molecule is COc1cc(/C=C2\SC(=S)N(C[C@@H]3CCCO3)C2=O)ccc1OC(=O)c1ccccc1C. The molecule has 2 aliphatic heterocycles. The number of thioether (sulfide) groups is 1. The fourth-order valence-electron chi connectivity index (χ4n) is 3.62. The van der Waals surface area contributed by atoms with E-state index in [9.17, 15) is 9.59 Å². The number of benzene rings is 2. The van der Waals surface area contributed by atoms with Gasteiger partial charge < -0.3 is 14.2 Å². The van der Waals surface area contributed by atoms with Crippen molar-refractivity contribution in [2.24, 2.45) is 0 Å². The third-order valence-electron chi connectivity index (χ3n) is 5.34. The molecule has 2 aromatic rings. The van der Waals surface area contributed by atoms with E-state index < -0.39 is 5.97 Å². The molecule has 6 nitrogen and oxygen atoms in total. The van der Waals surface area contributed by atoms with E-state index in [1.54, 1.807) is 41.3 Å². The van der Waals surface area contributed by atoms with Crippen LogP contribution in [0.15, 0.2) is 47.4 Å². The Bertz CT molecular complexity index is 1090. The fraction of sp³-hybridized carbons (Fsp3) is 0.292. The van der Waals surface area contributed by atoms with E-state index in [0.29, 0.717) is 32.8 Å². The molecule has 2 aromatic carbocycles. The molecule has 0 spiro atoms. The lowest BCUT2D eigenvalue weighted by Crippen LogP contribution is -2.35. The van der Waals surface area contributed by atoms with Crippen LogP contribution in [0, 0.1) is 6.92 Å². The summed E-state index contributed by atoms with van der Waals surface area (Å²) in [5.74, 6) is 0.132. The van der Waals surface area contributed by atoms with Crippen LogP contribution in [0.5, 0.6) is 11.5 Å². The third-order valence-corrected chi connectivity index (χ3v) is 6.71. The molecule has 2 heterocycles. The summed E-state index contributed by atoms with van der Waals surface area (Å²) in [5, 5.41) is 0. The zero-order valence-electron chi connectivity index (χ0n) is 17.8. The van der Waals surface area contributed by atoms with Gasteiger partial charge in [-0.3, -0.25) is 9.69 Å². The molecule has 2 fully saturated rings. The van der Waals surface area contributed by atoms with Crippen LogP contribution in [0.4, 0.5) is 0 Å². The Morgan fingerprint density at radius 3 is 2.81 bits per heavy atom. The van der Waals surface area contributed by atoms with E-state index >= 15 is 0 Å². The molecule has 0 unspecified atom stereocenters. The monoisotopic (exact) mass is 469 g/mol. The molecule has 4 rings (SSSR count). The van der Waals surface area contributed by atoms with E-state index in [-0.39, 0.29) is 12.0 Å². The molecule has 8 heteroatoms. The summed E-state index contributed by atoms with van der Waals surface area (Å²) in [4.78, 5) is 27.6. The number of thiocarbonyl (C=S) groups is 1. The number of nitrogens with zero attached hydrogens (tertiary/aromatic N) is 1. The summed E-state index contributed by atoms with van der Waals surface area (Å²) in [6.07, 6.45) is 3.76. The number of amides is 1. The zero-order valence-corrected chi connectivity index (χ0v) is 19.5. The third kappa shape index (κ3) is 4.87. The molecule has 166 valence electrons. The summed E-state index contributed by atoms with van der Waals surface area (Å²) in [6.45, 7) is 3.07. The second-order valence-electron chi connectivity index (χ2n) is 7.54. The first-order valence-corrected chi connectivity index (χ1v) is 11.5. The minimum atomic E-state index is -0.454. The van der Waals surface area contributed by atoms with Crippen molar-refractivity contribution in [2.75, 3.05) is 20.3 Å². The highest BCUT2D eigenvalue weighted by Gasteiger charge is 2.34. The molecule has 2 aliphatic rings. The Labute approximate surface area is 196 Å². The molecule has 2 saturated heterocycles. The number of carbonyl (C=O) groups excluding carboxylic acids is 2. The van der Waals surface area contributed by atoms with Crippen molar-refractivity contribution in [3.05, 3.63) is 64.1 Å². The number of aryl methyl sites for hydroxylation is 1. The number of hydrogen-bond donors (Lipinski definition) is 0. The highest BCUT2D eigenvalue weighted by Crippen LogP contribution is 2.35. The summed E-state index contributed by atoms with van der Waals surface area (Å²) in [6, 6.07) is 12.4. The van der Waals surface area contributed by atoms with Crippen molar-refractivity contribution in [1.82, 2.24) is 4.90 Å². The van der Waals surface area contributed by atoms with Gasteiger partial charge in [0.15, 0.2) is 11.5 Å². The maximum absolute atomic E-state index is 12.9.